The van der Waals surface area contributed by atoms with E-state index in [4.69, 9.17) is 9.84 Å². The summed E-state index contributed by atoms with van der Waals surface area (Å²) in [6.45, 7) is -0.872. The van der Waals surface area contributed by atoms with E-state index in [0.29, 0.717) is 11.1 Å². The summed E-state index contributed by atoms with van der Waals surface area (Å²) in [7, 11) is 0. The second kappa shape index (κ2) is 6.20. The molecule has 0 spiro atoms. The smallest absolute Gasteiger partial charge is 0.327 e. The predicted molar refractivity (Wildman–Crippen MR) is 82.1 cm³/mol. The first-order valence-corrected chi connectivity index (χ1v) is 7.14. The van der Waals surface area contributed by atoms with Gasteiger partial charge in [-0.15, -0.1) is 0 Å². The average molecular weight is 312 g/mol. The van der Waals surface area contributed by atoms with E-state index in [1.807, 2.05) is 36.4 Å². The molecule has 3 amide bonds. The van der Waals surface area contributed by atoms with Crippen molar-refractivity contribution in [1.82, 2.24) is 10.2 Å². The van der Waals surface area contributed by atoms with Gasteiger partial charge >= 0.3 is 6.03 Å². The third-order valence-corrected chi connectivity index (χ3v) is 3.83. The van der Waals surface area contributed by atoms with Gasteiger partial charge in [0.05, 0.1) is 0 Å². The molecule has 1 fully saturated rings. The van der Waals surface area contributed by atoms with Crippen LogP contribution in [0.4, 0.5) is 4.79 Å². The number of benzene rings is 2. The second-order valence-corrected chi connectivity index (χ2v) is 5.11. The minimum atomic E-state index is -1.29. The molecule has 2 N–H and O–H groups in total. The minimum Gasteiger partial charge on any atom is -0.371 e. The second-order valence-electron chi connectivity index (χ2n) is 5.11. The van der Waals surface area contributed by atoms with Crippen LogP contribution in [0.3, 0.4) is 0 Å². The minimum absolute atomic E-state index is 0.303. The first-order chi connectivity index (χ1) is 11.2. The van der Waals surface area contributed by atoms with E-state index in [9.17, 15) is 9.59 Å². The normalized spacial score (nSPS) is 16.5. The molecule has 0 aromatic heterocycles. The van der Waals surface area contributed by atoms with Gasteiger partial charge in [-0.1, -0.05) is 60.7 Å². The summed E-state index contributed by atoms with van der Waals surface area (Å²) in [4.78, 5) is 26.3. The van der Waals surface area contributed by atoms with Crippen molar-refractivity contribution in [1.29, 1.82) is 0 Å². The fourth-order valence-corrected chi connectivity index (χ4v) is 2.76. The summed E-state index contributed by atoms with van der Waals surface area (Å²) in [5, 5.41) is 11.6. The van der Waals surface area contributed by atoms with Crippen LogP contribution in [-0.2, 0) is 15.1 Å². The van der Waals surface area contributed by atoms with Crippen molar-refractivity contribution in [3.63, 3.8) is 0 Å². The van der Waals surface area contributed by atoms with Crippen molar-refractivity contribution in [2.75, 3.05) is 13.5 Å². The SMILES string of the molecule is O=C1NC(c2ccccc2)(c2ccccc2)C(=O)N1COCO. The van der Waals surface area contributed by atoms with Crippen LogP contribution in [-0.4, -0.2) is 35.5 Å². The number of aliphatic hydroxyl groups excluding tert-OH is 1. The lowest BCUT2D eigenvalue weighted by molar-refractivity contribution is -0.136. The topological polar surface area (TPSA) is 78.9 Å². The number of hydrogen-bond donors (Lipinski definition) is 2. The van der Waals surface area contributed by atoms with Gasteiger partial charge in [0.25, 0.3) is 5.91 Å². The maximum Gasteiger partial charge on any atom is 0.327 e. The van der Waals surface area contributed by atoms with E-state index in [0.717, 1.165) is 4.90 Å². The van der Waals surface area contributed by atoms with E-state index < -0.39 is 24.3 Å². The molecule has 0 saturated carbocycles. The Balaban J connectivity index is 2.12. The number of ether oxygens (including phenoxy) is 1. The molecule has 0 unspecified atom stereocenters. The molecule has 0 bridgehead atoms. The standard InChI is InChI=1S/C17H16N2O4/c20-12-23-11-19-15(21)17(18-16(19)22,13-7-3-1-4-8-13)14-9-5-2-6-10-14/h1-10,20H,11-12H2,(H,18,22). The monoisotopic (exact) mass is 312 g/mol. The zero-order valence-electron chi connectivity index (χ0n) is 12.3. The van der Waals surface area contributed by atoms with Crippen LogP contribution in [0, 0.1) is 0 Å². The Hall–Kier alpha value is -2.70. The van der Waals surface area contributed by atoms with Gasteiger partial charge in [0, 0.05) is 0 Å². The van der Waals surface area contributed by atoms with E-state index >= 15 is 0 Å². The number of nitrogens with zero attached hydrogens (tertiary/aromatic N) is 1. The van der Waals surface area contributed by atoms with Crippen molar-refractivity contribution in [3.8, 4) is 0 Å². The number of carbonyl (C=O) groups is 2. The first-order valence-electron chi connectivity index (χ1n) is 7.14. The van der Waals surface area contributed by atoms with E-state index in [-0.39, 0.29) is 6.73 Å². The van der Waals surface area contributed by atoms with Crippen LogP contribution in [0.5, 0.6) is 0 Å². The molecule has 2 aromatic rings. The summed E-state index contributed by atoms with van der Waals surface area (Å²) in [6, 6.07) is 17.5. The Labute approximate surface area is 133 Å². The molecule has 1 saturated heterocycles. The van der Waals surface area contributed by atoms with Crippen molar-refractivity contribution in [2.45, 2.75) is 5.54 Å². The molecule has 0 atom stereocenters. The zero-order chi connectivity index (χ0) is 16.3. The summed E-state index contributed by atoms with van der Waals surface area (Å²) < 4.78 is 4.82. The van der Waals surface area contributed by atoms with Crippen LogP contribution in [0.1, 0.15) is 11.1 Å². The van der Waals surface area contributed by atoms with Gasteiger partial charge in [0.1, 0.15) is 13.5 Å². The molecule has 2 aromatic carbocycles. The van der Waals surface area contributed by atoms with Gasteiger partial charge in [0.15, 0.2) is 5.54 Å². The van der Waals surface area contributed by atoms with E-state index in [2.05, 4.69) is 5.32 Å². The highest BCUT2D eigenvalue weighted by Gasteiger charge is 2.53. The van der Waals surface area contributed by atoms with Crippen LogP contribution < -0.4 is 5.32 Å². The van der Waals surface area contributed by atoms with Gasteiger partial charge < -0.3 is 15.2 Å². The molecular formula is C17H16N2O4. The highest BCUT2D eigenvalue weighted by atomic mass is 16.6. The molecule has 118 valence electrons. The number of rotatable bonds is 5. The molecule has 0 aliphatic carbocycles. The zero-order valence-corrected chi connectivity index (χ0v) is 12.3. The van der Waals surface area contributed by atoms with Gasteiger partial charge in [-0.25, -0.2) is 9.69 Å². The third kappa shape index (κ3) is 2.48. The number of aliphatic hydroxyl groups is 1. The molecule has 6 heteroatoms. The number of carbonyl (C=O) groups excluding carboxylic acids is 2. The fourth-order valence-electron chi connectivity index (χ4n) is 2.76. The van der Waals surface area contributed by atoms with Crippen molar-refractivity contribution in [2.24, 2.45) is 0 Å². The fraction of sp³-hybridized carbons (Fsp3) is 0.176. The van der Waals surface area contributed by atoms with Crippen molar-refractivity contribution >= 4 is 11.9 Å². The summed E-state index contributed by atoms with van der Waals surface area (Å²) in [5.74, 6) is -0.437. The molecule has 1 aliphatic heterocycles. The number of hydrogen-bond acceptors (Lipinski definition) is 4. The molecule has 6 nitrogen and oxygen atoms in total. The van der Waals surface area contributed by atoms with Crippen LogP contribution >= 0.6 is 0 Å². The average Bonchev–Trinajstić information content (AvgIpc) is 2.86. The van der Waals surface area contributed by atoms with Gasteiger partial charge in [-0.05, 0) is 11.1 Å². The largest absolute Gasteiger partial charge is 0.371 e. The Bertz CT molecular complexity index is 664. The number of amides is 3. The van der Waals surface area contributed by atoms with E-state index in [1.165, 1.54) is 0 Å². The maximum atomic E-state index is 13.0. The van der Waals surface area contributed by atoms with E-state index in [1.54, 1.807) is 24.3 Å². The van der Waals surface area contributed by atoms with Gasteiger partial charge in [-0.3, -0.25) is 4.79 Å². The predicted octanol–water partition coefficient (Wildman–Crippen LogP) is 1.41. The maximum absolute atomic E-state index is 13.0. The Morgan fingerprint density at radius 1 is 0.957 bits per heavy atom. The highest BCUT2D eigenvalue weighted by molar-refractivity contribution is 6.09. The molecule has 23 heavy (non-hydrogen) atoms. The van der Waals surface area contributed by atoms with Crippen LogP contribution in [0.15, 0.2) is 60.7 Å². The number of nitrogens with one attached hydrogen (secondary N) is 1. The lowest BCUT2D eigenvalue weighted by Crippen LogP contribution is -2.45. The molecule has 1 heterocycles. The van der Waals surface area contributed by atoms with Crippen LogP contribution in [0.2, 0.25) is 0 Å². The summed E-state index contributed by atoms with van der Waals surface area (Å²) in [5.41, 5.74) is 0.0328. The molecule has 0 radical (unpaired) electrons. The summed E-state index contributed by atoms with van der Waals surface area (Å²) in [6.07, 6.45) is 0. The molecule has 1 aliphatic rings. The van der Waals surface area contributed by atoms with Gasteiger partial charge in [-0.2, -0.15) is 0 Å². The lowest BCUT2D eigenvalue weighted by atomic mass is 9.83. The number of imide groups is 1. The Morgan fingerprint density at radius 2 is 1.48 bits per heavy atom. The first kappa shape index (κ1) is 15.2. The van der Waals surface area contributed by atoms with Crippen molar-refractivity contribution in [3.05, 3.63) is 71.8 Å². The number of urea groups is 1. The molecular weight excluding hydrogens is 296 g/mol. The lowest BCUT2D eigenvalue weighted by Gasteiger charge is -2.27. The highest BCUT2D eigenvalue weighted by Crippen LogP contribution is 2.35. The summed E-state index contributed by atoms with van der Waals surface area (Å²) >= 11 is 0. The Kier molecular flexibility index (Phi) is 4.10. The van der Waals surface area contributed by atoms with Gasteiger partial charge in [0.2, 0.25) is 0 Å². The van der Waals surface area contributed by atoms with Crippen molar-refractivity contribution < 1.29 is 19.4 Å². The Morgan fingerprint density at radius 3 is 1.96 bits per heavy atom. The third-order valence-electron chi connectivity index (χ3n) is 3.83. The quantitative estimate of drug-likeness (QED) is 0.646. The molecule has 3 rings (SSSR count). The van der Waals surface area contributed by atoms with Crippen LogP contribution in [0.25, 0.3) is 0 Å².